The maximum Gasteiger partial charge on any atom is 0.490 e. The molecule has 0 unspecified atom stereocenters. The third kappa shape index (κ3) is 5.98. The summed E-state index contributed by atoms with van der Waals surface area (Å²) in [6.45, 7) is 4.04. The summed E-state index contributed by atoms with van der Waals surface area (Å²) in [5.74, 6) is -0.890. The molecule has 3 aromatic heterocycles. The lowest BCUT2D eigenvalue weighted by atomic mass is 10.1. The third-order valence-corrected chi connectivity index (χ3v) is 5.30. The zero-order valence-corrected chi connectivity index (χ0v) is 18.0. The van der Waals surface area contributed by atoms with Crippen molar-refractivity contribution in [2.45, 2.75) is 24.9 Å². The number of carbonyl (C=O) groups is 1. The van der Waals surface area contributed by atoms with Gasteiger partial charge in [-0.1, -0.05) is 0 Å². The second-order valence-electron chi connectivity index (χ2n) is 7.80. The van der Waals surface area contributed by atoms with Crippen LogP contribution in [0.25, 0.3) is 11.3 Å². The lowest BCUT2D eigenvalue weighted by Gasteiger charge is -2.29. The first-order valence-corrected chi connectivity index (χ1v) is 10.7. The fourth-order valence-corrected chi connectivity index (χ4v) is 3.44. The van der Waals surface area contributed by atoms with Crippen molar-refractivity contribution in [1.82, 2.24) is 30.5 Å². The quantitative estimate of drug-likeness (QED) is 0.439. The summed E-state index contributed by atoms with van der Waals surface area (Å²) in [6, 6.07) is 5.98. The van der Waals surface area contributed by atoms with Crippen LogP contribution in [0.15, 0.2) is 36.8 Å². The van der Waals surface area contributed by atoms with Crippen LogP contribution in [-0.4, -0.2) is 68.6 Å². The molecule has 3 aromatic rings. The Balaban J connectivity index is 0.000000344. The number of H-pyrrole nitrogens is 1. The lowest BCUT2D eigenvalue weighted by molar-refractivity contribution is -0.192. The second kappa shape index (κ2) is 10.0. The lowest BCUT2D eigenvalue weighted by Crippen LogP contribution is -2.43. The fraction of sp³-hybridized carbons (Fsp3) is 0.381. The molecule has 2 fully saturated rings. The van der Waals surface area contributed by atoms with Crippen LogP contribution in [0.1, 0.15) is 24.5 Å². The van der Waals surface area contributed by atoms with E-state index in [0.717, 1.165) is 48.9 Å². The van der Waals surface area contributed by atoms with Crippen LogP contribution < -0.4 is 15.5 Å². The number of halogens is 3. The molecule has 4 heterocycles. The number of alkyl halides is 3. The summed E-state index contributed by atoms with van der Waals surface area (Å²) in [6.07, 6.45) is 2.87. The first kappa shape index (κ1) is 23.4. The third-order valence-electron chi connectivity index (χ3n) is 5.30. The van der Waals surface area contributed by atoms with Crippen LogP contribution in [0, 0.1) is 0 Å². The molecular formula is C21H23F3N8O2. The number of piperazine rings is 1. The predicted octanol–water partition coefficient (Wildman–Crippen LogP) is 2.93. The molecule has 10 nitrogen and oxygen atoms in total. The minimum Gasteiger partial charge on any atom is -0.475 e. The van der Waals surface area contributed by atoms with Gasteiger partial charge < -0.3 is 20.6 Å². The number of rotatable bonds is 5. The standard InChI is InChI=1S/C19H22N8.C2HF3O2/c1-2-13(1)18-15(12-23-26-18)16-5-6-21-19(24-16)25-17-4-3-14(11-22-17)27-9-7-20-8-10-27;3-2(4,5)1(6)7/h3-6,11-13,20H,1-2,7-10H2,(H,23,26)(H,21,22,24,25);(H,6,7). The number of nitrogens with zero attached hydrogens (tertiary/aromatic N) is 5. The van der Waals surface area contributed by atoms with Gasteiger partial charge in [-0.05, 0) is 31.0 Å². The van der Waals surface area contributed by atoms with Gasteiger partial charge in [-0.2, -0.15) is 18.3 Å². The molecule has 0 amide bonds. The van der Waals surface area contributed by atoms with Crippen molar-refractivity contribution in [3.8, 4) is 11.3 Å². The summed E-state index contributed by atoms with van der Waals surface area (Å²) in [5.41, 5.74) is 4.26. The van der Waals surface area contributed by atoms with Crippen LogP contribution in [0.3, 0.4) is 0 Å². The SMILES string of the molecule is O=C(O)C(F)(F)F.c1cc(-c2cn[nH]c2C2CC2)nc(Nc2ccc(N3CCNCC3)cn2)n1. The molecule has 2 aliphatic rings. The van der Waals surface area contributed by atoms with Gasteiger partial charge in [0, 0.05) is 49.6 Å². The van der Waals surface area contributed by atoms with Gasteiger partial charge in [-0.25, -0.2) is 19.7 Å². The molecule has 0 spiro atoms. The highest BCUT2D eigenvalue weighted by Crippen LogP contribution is 2.42. The normalized spacial score (nSPS) is 15.9. The van der Waals surface area contributed by atoms with Gasteiger partial charge in [0.15, 0.2) is 0 Å². The van der Waals surface area contributed by atoms with Crippen LogP contribution >= 0.6 is 0 Å². The zero-order chi connectivity index (χ0) is 24.1. The van der Waals surface area contributed by atoms with Crippen molar-refractivity contribution in [2.75, 3.05) is 36.4 Å². The molecule has 180 valence electrons. The highest BCUT2D eigenvalue weighted by molar-refractivity contribution is 5.73. The van der Waals surface area contributed by atoms with Gasteiger partial charge in [0.1, 0.15) is 5.82 Å². The molecule has 5 rings (SSSR count). The Morgan fingerprint density at radius 2 is 1.85 bits per heavy atom. The Kier molecular flexibility index (Phi) is 6.91. The van der Waals surface area contributed by atoms with Crippen LogP contribution in [-0.2, 0) is 4.79 Å². The summed E-state index contributed by atoms with van der Waals surface area (Å²) in [4.78, 5) is 24.7. The Hall–Kier alpha value is -3.74. The van der Waals surface area contributed by atoms with E-state index >= 15 is 0 Å². The summed E-state index contributed by atoms with van der Waals surface area (Å²) in [7, 11) is 0. The van der Waals surface area contributed by atoms with E-state index in [4.69, 9.17) is 9.90 Å². The van der Waals surface area contributed by atoms with Gasteiger partial charge in [0.2, 0.25) is 5.95 Å². The van der Waals surface area contributed by atoms with Crippen molar-refractivity contribution in [1.29, 1.82) is 0 Å². The molecule has 1 saturated carbocycles. The van der Waals surface area contributed by atoms with Gasteiger partial charge in [-0.3, -0.25) is 5.10 Å². The van der Waals surface area contributed by atoms with E-state index in [1.54, 1.807) is 6.20 Å². The molecule has 0 bridgehead atoms. The Bertz CT molecular complexity index is 1110. The average Bonchev–Trinajstić information content (AvgIpc) is 3.56. The Morgan fingerprint density at radius 3 is 2.47 bits per heavy atom. The van der Waals surface area contributed by atoms with Crippen LogP contribution in [0.4, 0.5) is 30.6 Å². The molecule has 0 atom stereocenters. The van der Waals surface area contributed by atoms with E-state index in [1.807, 2.05) is 24.5 Å². The van der Waals surface area contributed by atoms with Crippen LogP contribution in [0.2, 0.25) is 0 Å². The summed E-state index contributed by atoms with van der Waals surface area (Å²) < 4.78 is 31.7. The number of pyridine rings is 1. The molecule has 0 aromatic carbocycles. The van der Waals surface area contributed by atoms with E-state index in [2.05, 4.69) is 46.7 Å². The number of carboxylic acids is 1. The smallest absolute Gasteiger partial charge is 0.475 e. The minimum absolute atomic E-state index is 0.540. The molecule has 4 N–H and O–H groups in total. The molecule has 13 heteroatoms. The maximum atomic E-state index is 10.6. The predicted molar refractivity (Wildman–Crippen MR) is 118 cm³/mol. The highest BCUT2D eigenvalue weighted by atomic mass is 19.4. The summed E-state index contributed by atoms with van der Waals surface area (Å²) in [5, 5.41) is 21.0. The number of aromatic amines is 1. The first-order valence-electron chi connectivity index (χ1n) is 10.7. The highest BCUT2D eigenvalue weighted by Gasteiger charge is 2.38. The average molecular weight is 476 g/mol. The Morgan fingerprint density at radius 1 is 1.12 bits per heavy atom. The summed E-state index contributed by atoms with van der Waals surface area (Å²) >= 11 is 0. The minimum atomic E-state index is -5.08. The van der Waals surface area contributed by atoms with E-state index in [9.17, 15) is 13.2 Å². The van der Waals surface area contributed by atoms with Crippen molar-refractivity contribution in [2.24, 2.45) is 0 Å². The largest absolute Gasteiger partial charge is 0.490 e. The number of hydrogen-bond acceptors (Lipinski definition) is 8. The molecule has 1 aliphatic carbocycles. The molecule has 1 saturated heterocycles. The molecular weight excluding hydrogens is 453 g/mol. The van der Waals surface area contributed by atoms with E-state index in [-0.39, 0.29) is 0 Å². The Labute approximate surface area is 192 Å². The zero-order valence-electron chi connectivity index (χ0n) is 18.0. The van der Waals surface area contributed by atoms with Crippen molar-refractivity contribution < 1.29 is 23.1 Å². The number of carboxylic acid groups (broad SMARTS) is 1. The number of aliphatic carboxylic acids is 1. The maximum absolute atomic E-state index is 10.6. The molecule has 0 radical (unpaired) electrons. The molecule has 1 aliphatic heterocycles. The topological polar surface area (TPSA) is 132 Å². The molecule has 34 heavy (non-hydrogen) atoms. The number of anilines is 3. The van der Waals surface area contributed by atoms with Gasteiger partial charge in [-0.15, -0.1) is 0 Å². The van der Waals surface area contributed by atoms with Gasteiger partial charge in [0.05, 0.1) is 23.8 Å². The van der Waals surface area contributed by atoms with Gasteiger partial charge in [0.25, 0.3) is 0 Å². The van der Waals surface area contributed by atoms with Crippen molar-refractivity contribution in [3.63, 3.8) is 0 Å². The number of aromatic nitrogens is 5. The monoisotopic (exact) mass is 476 g/mol. The van der Waals surface area contributed by atoms with E-state index < -0.39 is 12.1 Å². The van der Waals surface area contributed by atoms with Gasteiger partial charge >= 0.3 is 12.1 Å². The first-order chi connectivity index (χ1) is 16.3. The van der Waals surface area contributed by atoms with E-state index in [0.29, 0.717) is 11.9 Å². The second-order valence-corrected chi connectivity index (χ2v) is 7.80. The van der Waals surface area contributed by atoms with Crippen molar-refractivity contribution >= 4 is 23.4 Å². The van der Waals surface area contributed by atoms with Crippen molar-refractivity contribution in [3.05, 3.63) is 42.5 Å². The number of hydrogen-bond donors (Lipinski definition) is 4. The van der Waals surface area contributed by atoms with Crippen LogP contribution in [0.5, 0.6) is 0 Å². The van der Waals surface area contributed by atoms with E-state index in [1.165, 1.54) is 18.5 Å². The number of nitrogens with one attached hydrogen (secondary N) is 3. The fourth-order valence-electron chi connectivity index (χ4n) is 3.44.